The number of nitrogens with zero attached hydrogens (tertiary/aromatic N) is 2. The van der Waals surface area contributed by atoms with Crippen molar-refractivity contribution >= 4 is 23.3 Å². The minimum Gasteiger partial charge on any atom is -0.370 e. The number of rotatable bonds is 3. The Morgan fingerprint density at radius 1 is 1.25 bits per heavy atom. The Hall–Kier alpha value is -2.38. The molecule has 2 aromatic rings. The summed E-state index contributed by atoms with van der Waals surface area (Å²) in [5, 5.41) is 0. The van der Waals surface area contributed by atoms with Gasteiger partial charge in [-0.1, -0.05) is 30.3 Å². The van der Waals surface area contributed by atoms with E-state index in [4.69, 9.17) is 10.5 Å². The lowest BCUT2D eigenvalue weighted by Gasteiger charge is -2.44. The molecule has 148 valence electrons. The van der Waals surface area contributed by atoms with Gasteiger partial charge < -0.3 is 20.3 Å². The smallest absolute Gasteiger partial charge is 0.314 e. The fourth-order valence-corrected chi connectivity index (χ4v) is 5.31. The maximum absolute atomic E-state index is 12.5. The maximum Gasteiger partial charge on any atom is 0.314 e. The number of likely N-dealkylation sites (tertiary alicyclic amines) is 1. The number of benzene rings is 1. The summed E-state index contributed by atoms with van der Waals surface area (Å²) in [5.74, 6) is -0.0672. The van der Waals surface area contributed by atoms with Crippen LogP contribution in [0.15, 0.2) is 36.4 Å². The molecule has 1 fully saturated rings. The van der Waals surface area contributed by atoms with Crippen LogP contribution in [0.25, 0.3) is 10.4 Å². The number of ether oxygens (including phenoxy) is 1. The van der Waals surface area contributed by atoms with Crippen molar-refractivity contribution in [1.29, 1.82) is 0 Å². The van der Waals surface area contributed by atoms with Crippen molar-refractivity contribution in [3.63, 3.8) is 0 Å². The summed E-state index contributed by atoms with van der Waals surface area (Å²) in [4.78, 5) is 29.4. The molecule has 0 saturated carbocycles. The van der Waals surface area contributed by atoms with Crippen LogP contribution in [0, 0.1) is 0 Å². The molecule has 1 aromatic carbocycles. The van der Waals surface area contributed by atoms with Gasteiger partial charge in [0.05, 0.1) is 12.2 Å². The van der Waals surface area contributed by atoms with Crippen LogP contribution in [0.5, 0.6) is 0 Å². The molecular formula is C21H25N3O3S. The van der Waals surface area contributed by atoms with Crippen molar-refractivity contribution in [1.82, 2.24) is 9.80 Å². The minimum absolute atomic E-state index is 0.0189. The van der Waals surface area contributed by atoms with Crippen LogP contribution in [0.1, 0.15) is 23.3 Å². The standard InChI is InChI=1S/C21H25N3O3S/c1-23(20(22)26)14-19(25)24-10-8-21(9-11-24)16-13-18(15-5-3-2-4-6-15)28-17(16)7-12-27-21/h2-6,13H,7-12,14H2,1H3,(H2,22,26). The lowest BCUT2D eigenvalue weighted by molar-refractivity contribution is -0.140. The number of piperidine rings is 1. The molecule has 3 amide bonds. The molecule has 0 bridgehead atoms. The van der Waals surface area contributed by atoms with E-state index in [-0.39, 0.29) is 18.1 Å². The molecule has 0 aliphatic carbocycles. The molecule has 1 saturated heterocycles. The molecule has 0 unspecified atom stereocenters. The average molecular weight is 400 g/mol. The molecule has 7 heteroatoms. The van der Waals surface area contributed by atoms with Gasteiger partial charge in [-0.2, -0.15) is 0 Å². The van der Waals surface area contributed by atoms with Gasteiger partial charge >= 0.3 is 6.03 Å². The van der Waals surface area contributed by atoms with E-state index in [2.05, 4.69) is 30.3 Å². The number of fused-ring (bicyclic) bond motifs is 2. The second kappa shape index (κ2) is 7.56. The summed E-state index contributed by atoms with van der Waals surface area (Å²) in [6, 6.07) is 12.1. The Kier molecular flexibility index (Phi) is 5.12. The van der Waals surface area contributed by atoms with Crippen molar-refractivity contribution in [2.75, 3.05) is 33.3 Å². The van der Waals surface area contributed by atoms with Crippen LogP contribution in [0.3, 0.4) is 0 Å². The first-order valence-electron chi connectivity index (χ1n) is 9.59. The van der Waals surface area contributed by atoms with Crippen molar-refractivity contribution < 1.29 is 14.3 Å². The van der Waals surface area contributed by atoms with Crippen molar-refractivity contribution in [2.45, 2.75) is 24.9 Å². The highest BCUT2D eigenvalue weighted by Crippen LogP contribution is 2.46. The molecule has 3 heterocycles. The molecular weight excluding hydrogens is 374 g/mol. The first-order valence-corrected chi connectivity index (χ1v) is 10.4. The fraction of sp³-hybridized carbons (Fsp3) is 0.429. The topological polar surface area (TPSA) is 75.9 Å². The van der Waals surface area contributed by atoms with Gasteiger partial charge in [0.15, 0.2) is 0 Å². The molecule has 1 aromatic heterocycles. The maximum atomic E-state index is 12.5. The van der Waals surface area contributed by atoms with Crippen LogP contribution < -0.4 is 5.73 Å². The third kappa shape index (κ3) is 3.52. The van der Waals surface area contributed by atoms with Crippen molar-refractivity contribution in [2.24, 2.45) is 5.73 Å². The van der Waals surface area contributed by atoms with Gasteiger partial charge in [-0.15, -0.1) is 11.3 Å². The summed E-state index contributed by atoms with van der Waals surface area (Å²) in [6.45, 7) is 1.99. The zero-order valence-corrected chi connectivity index (χ0v) is 16.8. The van der Waals surface area contributed by atoms with Crippen LogP contribution in [-0.4, -0.2) is 55.0 Å². The monoisotopic (exact) mass is 399 g/mol. The largest absolute Gasteiger partial charge is 0.370 e. The zero-order valence-electron chi connectivity index (χ0n) is 16.0. The van der Waals surface area contributed by atoms with Crippen LogP contribution in [0.2, 0.25) is 0 Å². The van der Waals surface area contributed by atoms with E-state index in [0.717, 1.165) is 25.9 Å². The lowest BCUT2D eigenvalue weighted by atomic mass is 9.82. The summed E-state index contributed by atoms with van der Waals surface area (Å²) in [6.07, 6.45) is 2.49. The molecule has 2 N–H and O–H groups in total. The SMILES string of the molecule is CN(CC(=O)N1CCC2(CC1)OCCc1sc(-c3ccccc3)cc12)C(N)=O. The third-order valence-electron chi connectivity index (χ3n) is 5.74. The number of likely N-dealkylation sites (N-methyl/N-ethyl adjacent to an activating group) is 1. The van der Waals surface area contributed by atoms with E-state index in [1.54, 1.807) is 7.05 Å². The van der Waals surface area contributed by atoms with Crippen LogP contribution in [-0.2, 0) is 21.6 Å². The van der Waals surface area contributed by atoms with Crippen molar-refractivity contribution in [3.05, 3.63) is 46.8 Å². The number of primary amides is 1. The van der Waals surface area contributed by atoms with Gasteiger partial charge in [0.2, 0.25) is 5.91 Å². The number of amides is 3. The highest BCUT2D eigenvalue weighted by atomic mass is 32.1. The molecule has 1 spiro atoms. The predicted molar refractivity (Wildman–Crippen MR) is 109 cm³/mol. The minimum atomic E-state index is -0.589. The summed E-state index contributed by atoms with van der Waals surface area (Å²) >= 11 is 1.86. The molecule has 2 aliphatic rings. The number of carbonyl (C=O) groups excluding carboxylic acids is 2. The first-order chi connectivity index (χ1) is 13.5. The Labute approximate surface area is 168 Å². The highest BCUT2D eigenvalue weighted by Gasteiger charge is 2.42. The van der Waals surface area contributed by atoms with E-state index < -0.39 is 6.03 Å². The van der Waals surface area contributed by atoms with Crippen LogP contribution in [0.4, 0.5) is 4.79 Å². The zero-order chi connectivity index (χ0) is 19.7. The number of urea groups is 1. The molecule has 0 radical (unpaired) electrons. The number of hydrogen-bond acceptors (Lipinski definition) is 4. The van der Waals surface area contributed by atoms with Gasteiger partial charge in [-0.3, -0.25) is 4.79 Å². The Morgan fingerprint density at radius 3 is 2.64 bits per heavy atom. The van der Waals surface area contributed by atoms with Crippen molar-refractivity contribution in [3.8, 4) is 10.4 Å². The number of carbonyl (C=O) groups is 2. The van der Waals surface area contributed by atoms with Gasteiger partial charge in [0.1, 0.15) is 6.54 Å². The lowest BCUT2D eigenvalue weighted by Crippen LogP contribution is -2.50. The molecule has 2 aliphatic heterocycles. The summed E-state index contributed by atoms with van der Waals surface area (Å²) < 4.78 is 6.31. The first kappa shape index (κ1) is 19.0. The second-order valence-corrected chi connectivity index (χ2v) is 8.62. The highest BCUT2D eigenvalue weighted by molar-refractivity contribution is 7.15. The van der Waals surface area contributed by atoms with Gasteiger partial charge in [0, 0.05) is 36.3 Å². The van der Waals surface area contributed by atoms with Gasteiger partial charge in [-0.25, -0.2) is 4.79 Å². The summed E-state index contributed by atoms with van der Waals surface area (Å²) in [7, 11) is 1.54. The fourth-order valence-electron chi connectivity index (χ4n) is 4.07. The second-order valence-electron chi connectivity index (χ2n) is 7.48. The molecule has 0 atom stereocenters. The Balaban J connectivity index is 1.50. The van der Waals surface area contributed by atoms with E-state index in [1.807, 2.05) is 22.3 Å². The normalized spacial score (nSPS) is 18.0. The quantitative estimate of drug-likeness (QED) is 0.862. The van der Waals surface area contributed by atoms with E-state index in [1.165, 1.54) is 25.8 Å². The van der Waals surface area contributed by atoms with Gasteiger partial charge in [0.25, 0.3) is 0 Å². The predicted octanol–water partition coefficient (Wildman–Crippen LogP) is 2.82. The van der Waals surface area contributed by atoms with E-state index in [0.29, 0.717) is 13.1 Å². The summed E-state index contributed by atoms with van der Waals surface area (Å²) in [5.41, 5.74) is 7.45. The number of thiophene rings is 1. The Morgan fingerprint density at radius 2 is 1.96 bits per heavy atom. The number of hydrogen-bond donors (Lipinski definition) is 1. The molecule has 6 nitrogen and oxygen atoms in total. The number of nitrogens with two attached hydrogens (primary N) is 1. The average Bonchev–Trinajstić information content (AvgIpc) is 3.15. The third-order valence-corrected chi connectivity index (χ3v) is 6.98. The van der Waals surface area contributed by atoms with Gasteiger partial charge in [-0.05, 0) is 30.0 Å². The molecule has 28 heavy (non-hydrogen) atoms. The van der Waals surface area contributed by atoms with E-state index >= 15 is 0 Å². The molecule has 4 rings (SSSR count). The van der Waals surface area contributed by atoms with E-state index in [9.17, 15) is 9.59 Å². The Bertz CT molecular complexity index is 872. The van der Waals surface area contributed by atoms with Crippen LogP contribution >= 0.6 is 11.3 Å².